The molecule has 82 valence electrons. The normalized spacial score (nSPS) is 11.9. The molecule has 0 bridgehead atoms. The molecule has 0 heterocycles. The van der Waals surface area contributed by atoms with E-state index in [9.17, 15) is 4.79 Å². The highest BCUT2D eigenvalue weighted by atomic mass is 79.9. The number of hydrogen-bond acceptors (Lipinski definition) is 3. The van der Waals surface area contributed by atoms with Crippen LogP contribution >= 0.6 is 15.9 Å². The number of esters is 1. The highest BCUT2D eigenvalue weighted by molar-refractivity contribution is 9.09. The number of methoxy groups -OCH3 is 1. The lowest BCUT2D eigenvalue weighted by molar-refractivity contribution is -0.142. The molecule has 15 heavy (non-hydrogen) atoms. The number of benzene rings is 1. The van der Waals surface area contributed by atoms with Crippen LogP contribution in [-0.4, -0.2) is 19.7 Å². The standard InChI is InChI=1S/C11H13BrO3/c1-8(12)9-4-3-5-10(6-9)15-7-11(13)14-2/h3-6,8H,7H2,1-2H3. The second kappa shape index (κ2) is 5.75. The van der Waals surface area contributed by atoms with Gasteiger partial charge in [-0.25, -0.2) is 4.79 Å². The van der Waals surface area contributed by atoms with Crippen molar-refractivity contribution in [2.24, 2.45) is 0 Å². The summed E-state index contributed by atoms with van der Waals surface area (Å²) in [5.41, 5.74) is 1.11. The third-order valence-electron chi connectivity index (χ3n) is 1.90. The van der Waals surface area contributed by atoms with Crippen LogP contribution in [0.2, 0.25) is 0 Å². The van der Waals surface area contributed by atoms with Crippen LogP contribution in [0.15, 0.2) is 24.3 Å². The zero-order valence-corrected chi connectivity index (χ0v) is 10.3. The molecule has 0 fully saturated rings. The predicted octanol–water partition coefficient (Wildman–Crippen LogP) is 2.69. The number of carbonyl (C=O) groups is 1. The largest absolute Gasteiger partial charge is 0.482 e. The summed E-state index contributed by atoms with van der Waals surface area (Å²) in [6.07, 6.45) is 0. The average molecular weight is 273 g/mol. The Morgan fingerprint density at radius 3 is 2.87 bits per heavy atom. The van der Waals surface area contributed by atoms with Crippen molar-refractivity contribution in [3.63, 3.8) is 0 Å². The molecule has 0 spiro atoms. The molecule has 3 nitrogen and oxygen atoms in total. The molecule has 0 aliphatic rings. The van der Waals surface area contributed by atoms with Gasteiger partial charge >= 0.3 is 5.97 Å². The number of carbonyl (C=O) groups excluding carboxylic acids is 1. The Hall–Kier alpha value is -1.03. The summed E-state index contributed by atoms with van der Waals surface area (Å²) in [6.45, 7) is 1.97. The Bertz CT molecular complexity index is 336. The summed E-state index contributed by atoms with van der Waals surface area (Å²) < 4.78 is 9.73. The van der Waals surface area contributed by atoms with Gasteiger partial charge in [0.25, 0.3) is 0 Å². The van der Waals surface area contributed by atoms with E-state index in [1.807, 2.05) is 31.2 Å². The Balaban J connectivity index is 2.61. The van der Waals surface area contributed by atoms with Gasteiger partial charge in [0, 0.05) is 4.83 Å². The van der Waals surface area contributed by atoms with Crippen LogP contribution in [0.4, 0.5) is 0 Å². The fraction of sp³-hybridized carbons (Fsp3) is 0.364. The van der Waals surface area contributed by atoms with Crippen molar-refractivity contribution >= 4 is 21.9 Å². The van der Waals surface area contributed by atoms with Gasteiger partial charge in [0.15, 0.2) is 6.61 Å². The Morgan fingerprint density at radius 2 is 2.27 bits per heavy atom. The molecule has 4 heteroatoms. The molecule has 0 amide bonds. The summed E-state index contributed by atoms with van der Waals surface area (Å²) in [4.78, 5) is 11.1. The maximum absolute atomic E-state index is 10.8. The number of alkyl halides is 1. The van der Waals surface area contributed by atoms with E-state index >= 15 is 0 Å². The van der Waals surface area contributed by atoms with E-state index in [0.717, 1.165) is 5.56 Å². The van der Waals surface area contributed by atoms with E-state index in [1.165, 1.54) is 7.11 Å². The van der Waals surface area contributed by atoms with E-state index in [2.05, 4.69) is 20.7 Å². The minimum atomic E-state index is -0.382. The second-order valence-corrected chi connectivity index (χ2v) is 4.43. The van der Waals surface area contributed by atoms with Crippen LogP contribution in [0.1, 0.15) is 17.3 Å². The van der Waals surface area contributed by atoms with Gasteiger partial charge in [-0.1, -0.05) is 28.1 Å². The molecular weight excluding hydrogens is 260 g/mol. The lowest BCUT2D eigenvalue weighted by Crippen LogP contribution is -2.12. The summed E-state index contributed by atoms with van der Waals surface area (Å²) in [7, 11) is 1.34. The second-order valence-electron chi connectivity index (χ2n) is 3.05. The van der Waals surface area contributed by atoms with Gasteiger partial charge in [0.1, 0.15) is 5.75 Å². The van der Waals surface area contributed by atoms with Crippen molar-refractivity contribution in [1.82, 2.24) is 0 Å². The van der Waals surface area contributed by atoms with Crippen molar-refractivity contribution < 1.29 is 14.3 Å². The summed E-state index contributed by atoms with van der Waals surface area (Å²) >= 11 is 3.46. The maximum atomic E-state index is 10.8. The lowest BCUT2D eigenvalue weighted by atomic mass is 10.2. The van der Waals surface area contributed by atoms with Crippen LogP contribution < -0.4 is 4.74 Å². The Kier molecular flexibility index (Phi) is 4.62. The van der Waals surface area contributed by atoms with Crippen LogP contribution in [0, 0.1) is 0 Å². The highest BCUT2D eigenvalue weighted by Crippen LogP contribution is 2.24. The fourth-order valence-electron chi connectivity index (χ4n) is 1.05. The third-order valence-corrected chi connectivity index (χ3v) is 2.43. The van der Waals surface area contributed by atoms with Crippen molar-refractivity contribution in [2.75, 3.05) is 13.7 Å². The van der Waals surface area contributed by atoms with E-state index in [4.69, 9.17) is 4.74 Å². The number of hydrogen-bond donors (Lipinski definition) is 0. The van der Waals surface area contributed by atoms with Crippen molar-refractivity contribution in [2.45, 2.75) is 11.8 Å². The smallest absolute Gasteiger partial charge is 0.343 e. The van der Waals surface area contributed by atoms with Crippen molar-refractivity contribution in [3.8, 4) is 5.75 Å². The zero-order chi connectivity index (χ0) is 11.3. The SMILES string of the molecule is COC(=O)COc1cccc(C(C)Br)c1. The molecule has 1 aromatic rings. The van der Waals surface area contributed by atoms with Crippen molar-refractivity contribution in [1.29, 1.82) is 0 Å². The Labute approximate surface area is 97.5 Å². The van der Waals surface area contributed by atoms with Crippen LogP contribution in [0.25, 0.3) is 0 Å². The monoisotopic (exact) mass is 272 g/mol. The third kappa shape index (κ3) is 3.91. The van der Waals surface area contributed by atoms with Gasteiger partial charge in [-0.05, 0) is 24.6 Å². The van der Waals surface area contributed by atoms with E-state index in [0.29, 0.717) is 5.75 Å². The quantitative estimate of drug-likeness (QED) is 0.625. The van der Waals surface area contributed by atoms with Gasteiger partial charge in [0.05, 0.1) is 7.11 Å². The molecule has 0 radical (unpaired) electrons. The first-order valence-electron chi connectivity index (χ1n) is 4.57. The van der Waals surface area contributed by atoms with Gasteiger partial charge in [-0.15, -0.1) is 0 Å². The molecular formula is C11H13BrO3. The van der Waals surface area contributed by atoms with Crippen LogP contribution in [-0.2, 0) is 9.53 Å². The molecule has 0 aromatic heterocycles. The number of halogens is 1. The van der Waals surface area contributed by atoms with Gasteiger partial charge in [0.2, 0.25) is 0 Å². The maximum Gasteiger partial charge on any atom is 0.343 e. The van der Waals surface area contributed by atoms with E-state index < -0.39 is 0 Å². The van der Waals surface area contributed by atoms with E-state index in [1.54, 1.807) is 0 Å². The lowest BCUT2D eigenvalue weighted by Gasteiger charge is -2.08. The van der Waals surface area contributed by atoms with Gasteiger partial charge in [-0.3, -0.25) is 0 Å². The summed E-state index contributed by atoms with van der Waals surface area (Å²) in [5, 5.41) is 0. The Morgan fingerprint density at radius 1 is 1.53 bits per heavy atom. The molecule has 1 atom stereocenters. The molecule has 0 saturated heterocycles. The first-order chi connectivity index (χ1) is 7.13. The van der Waals surface area contributed by atoms with Crippen molar-refractivity contribution in [3.05, 3.63) is 29.8 Å². The van der Waals surface area contributed by atoms with Crippen LogP contribution in [0.5, 0.6) is 5.75 Å². The van der Waals surface area contributed by atoms with Gasteiger partial charge in [-0.2, -0.15) is 0 Å². The molecule has 1 unspecified atom stereocenters. The number of rotatable bonds is 4. The molecule has 1 rings (SSSR count). The average Bonchev–Trinajstić information content (AvgIpc) is 2.26. The minimum absolute atomic E-state index is 0.0589. The fourth-order valence-corrected chi connectivity index (χ4v) is 1.34. The minimum Gasteiger partial charge on any atom is -0.482 e. The van der Waals surface area contributed by atoms with E-state index in [-0.39, 0.29) is 17.4 Å². The van der Waals surface area contributed by atoms with Crippen LogP contribution in [0.3, 0.4) is 0 Å². The molecule has 0 saturated carbocycles. The zero-order valence-electron chi connectivity index (χ0n) is 8.70. The van der Waals surface area contributed by atoms with Gasteiger partial charge < -0.3 is 9.47 Å². The summed E-state index contributed by atoms with van der Waals surface area (Å²) in [6, 6.07) is 7.58. The highest BCUT2D eigenvalue weighted by Gasteiger charge is 2.04. The first kappa shape index (κ1) is 12.0. The molecule has 0 aliphatic carbocycles. The number of ether oxygens (including phenoxy) is 2. The molecule has 1 aromatic carbocycles. The first-order valence-corrected chi connectivity index (χ1v) is 5.48. The molecule has 0 aliphatic heterocycles. The molecule has 0 N–H and O–H groups in total. The predicted molar refractivity (Wildman–Crippen MR) is 61.3 cm³/mol. The topological polar surface area (TPSA) is 35.5 Å². The summed E-state index contributed by atoms with van der Waals surface area (Å²) in [5.74, 6) is 0.288.